The molecule has 2 aromatic rings. The maximum Gasteiger partial charge on any atom is 0.123 e. The average Bonchev–Trinajstić information content (AvgIpc) is 2.67. The van der Waals surface area contributed by atoms with Gasteiger partial charge in [-0.25, -0.2) is 0 Å². The molecule has 4 heteroatoms. The Bertz CT molecular complexity index is 818. The van der Waals surface area contributed by atoms with Gasteiger partial charge in [0, 0.05) is 37.3 Å². The van der Waals surface area contributed by atoms with Crippen LogP contribution in [0.25, 0.3) is 0 Å². The van der Waals surface area contributed by atoms with Crippen LogP contribution < -0.4 is 0 Å². The van der Waals surface area contributed by atoms with Crippen molar-refractivity contribution in [3.8, 4) is 11.5 Å². The van der Waals surface area contributed by atoms with E-state index in [1.54, 1.807) is 0 Å². The van der Waals surface area contributed by atoms with E-state index in [1.165, 1.54) is 11.1 Å². The van der Waals surface area contributed by atoms with Crippen molar-refractivity contribution in [2.24, 2.45) is 0 Å². The molecule has 1 fully saturated rings. The Kier molecular flexibility index (Phi) is 7.10. The molecule has 0 saturated carbocycles. The van der Waals surface area contributed by atoms with Crippen molar-refractivity contribution in [2.45, 2.75) is 72.9 Å². The first kappa shape index (κ1) is 22.6. The van der Waals surface area contributed by atoms with Crippen LogP contribution in [0.1, 0.15) is 79.3 Å². The highest BCUT2D eigenvalue weighted by molar-refractivity contribution is 5.46. The highest BCUT2D eigenvalue weighted by Crippen LogP contribution is 2.33. The quantitative estimate of drug-likeness (QED) is 0.648. The summed E-state index contributed by atoms with van der Waals surface area (Å²) >= 11 is 0. The standard InChI is InChI=1S/C26H38N2O2/c1-17(2)23-12-19(5)10-21(25(23)29)14-27-8-7-9-28(16-27)15-22-11-20(6)13-24(18(3)4)26(22)30/h10-13,17-18,29-30H,7-9,14-16H2,1-6H3. The number of hydrogen-bond acceptors (Lipinski definition) is 4. The van der Waals surface area contributed by atoms with E-state index in [0.717, 1.165) is 61.5 Å². The highest BCUT2D eigenvalue weighted by Gasteiger charge is 2.22. The van der Waals surface area contributed by atoms with Gasteiger partial charge in [0.1, 0.15) is 11.5 Å². The second-order valence-corrected chi connectivity index (χ2v) is 9.63. The third kappa shape index (κ3) is 5.16. The fourth-order valence-corrected chi connectivity index (χ4v) is 4.57. The van der Waals surface area contributed by atoms with E-state index in [4.69, 9.17) is 0 Å². The number of aromatic hydroxyl groups is 2. The van der Waals surface area contributed by atoms with Gasteiger partial charge in [0.2, 0.25) is 0 Å². The predicted molar refractivity (Wildman–Crippen MR) is 124 cm³/mol. The molecule has 0 unspecified atom stereocenters. The summed E-state index contributed by atoms with van der Waals surface area (Å²) in [6.45, 7) is 17.1. The molecule has 0 spiro atoms. The van der Waals surface area contributed by atoms with Gasteiger partial charge >= 0.3 is 0 Å². The monoisotopic (exact) mass is 410 g/mol. The van der Waals surface area contributed by atoms with Crippen LogP contribution in [0.3, 0.4) is 0 Å². The SMILES string of the molecule is Cc1cc(CN2CCCN(Cc3cc(C)cc(C(C)C)c3O)C2)c(O)c(C(C)C)c1. The molecule has 0 radical (unpaired) electrons. The van der Waals surface area contributed by atoms with Crippen molar-refractivity contribution in [2.75, 3.05) is 19.8 Å². The molecule has 0 bridgehead atoms. The minimum absolute atomic E-state index is 0.306. The fraction of sp³-hybridized carbons (Fsp3) is 0.538. The maximum atomic E-state index is 10.8. The molecule has 30 heavy (non-hydrogen) atoms. The second kappa shape index (κ2) is 9.40. The zero-order valence-corrected chi connectivity index (χ0v) is 19.5. The Labute approximate surface area is 182 Å². The van der Waals surface area contributed by atoms with Crippen molar-refractivity contribution in [1.82, 2.24) is 9.80 Å². The molecular weight excluding hydrogens is 372 g/mol. The summed E-state index contributed by atoms with van der Waals surface area (Å²) in [7, 11) is 0. The molecule has 2 aromatic carbocycles. The maximum absolute atomic E-state index is 10.8. The fourth-order valence-electron chi connectivity index (χ4n) is 4.57. The normalized spacial score (nSPS) is 16.0. The number of aryl methyl sites for hydroxylation is 2. The topological polar surface area (TPSA) is 46.9 Å². The molecule has 0 atom stereocenters. The predicted octanol–water partition coefficient (Wildman–Crippen LogP) is 5.63. The van der Waals surface area contributed by atoms with Crippen molar-refractivity contribution < 1.29 is 10.2 Å². The first-order chi connectivity index (χ1) is 14.2. The third-order valence-electron chi connectivity index (χ3n) is 6.11. The smallest absolute Gasteiger partial charge is 0.123 e. The summed E-state index contributed by atoms with van der Waals surface area (Å²) in [6, 6.07) is 8.42. The largest absolute Gasteiger partial charge is 0.507 e. The zero-order valence-electron chi connectivity index (χ0n) is 19.5. The van der Waals surface area contributed by atoms with Crippen molar-refractivity contribution in [3.05, 3.63) is 57.6 Å². The van der Waals surface area contributed by atoms with Crippen LogP contribution in [0, 0.1) is 13.8 Å². The number of phenolic OH excluding ortho intramolecular Hbond substituents is 2. The number of benzene rings is 2. The Morgan fingerprint density at radius 1 is 0.733 bits per heavy atom. The van der Waals surface area contributed by atoms with Gasteiger partial charge in [-0.1, -0.05) is 63.1 Å². The lowest BCUT2D eigenvalue weighted by molar-refractivity contribution is 0.0734. The summed E-state index contributed by atoms with van der Waals surface area (Å²) < 4.78 is 0. The summed E-state index contributed by atoms with van der Waals surface area (Å²) in [5, 5.41) is 21.6. The lowest BCUT2D eigenvalue weighted by atomic mass is 9.96. The lowest BCUT2D eigenvalue weighted by Crippen LogP contribution is -2.43. The van der Waals surface area contributed by atoms with E-state index in [2.05, 4.69) is 75.6 Å². The van der Waals surface area contributed by atoms with Crippen LogP contribution >= 0.6 is 0 Å². The zero-order chi connectivity index (χ0) is 22.0. The molecule has 0 aliphatic carbocycles. The molecule has 1 heterocycles. The van der Waals surface area contributed by atoms with E-state index >= 15 is 0 Å². The van der Waals surface area contributed by atoms with Gasteiger partial charge in [0.25, 0.3) is 0 Å². The number of phenols is 2. The van der Waals surface area contributed by atoms with Crippen LogP contribution in [0.4, 0.5) is 0 Å². The summed E-state index contributed by atoms with van der Waals surface area (Å²) in [4.78, 5) is 4.80. The summed E-state index contributed by atoms with van der Waals surface area (Å²) in [5.74, 6) is 1.51. The van der Waals surface area contributed by atoms with E-state index in [-0.39, 0.29) is 0 Å². The Morgan fingerprint density at radius 2 is 1.13 bits per heavy atom. The summed E-state index contributed by atoms with van der Waals surface area (Å²) in [5.41, 5.74) is 6.49. The van der Waals surface area contributed by atoms with Gasteiger partial charge < -0.3 is 10.2 Å². The molecule has 3 rings (SSSR count). The van der Waals surface area contributed by atoms with Gasteiger partial charge in [0.05, 0.1) is 6.67 Å². The minimum Gasteiger partial charge on any atom is -0.507 e. The molecule has 1 saturated heterocycles. The first-order valence-electron chi connectivity index (χ1n) is 11.2. The molecule has 0 amide bonds. The van der Waals surface area contributed by atoms with E-state index in [9.17, 15) is 10.2 Å². The van der Waals surface area contributed by atoms with E-state index in [1.807, 2.05) is 0 Å². The Hall–Kier alpha value is -2.04. The van der Waals surface area contributed by atoms with Crippen LogP contribution in [0.5, 0.6) is 11.5 Å². The van der Waals surface area contributed by atoms with Crippen molar-refractivity contribution in [3.63, 3.8) is 0 Å². The average molecular weight is 411 g/mol. The summed E-state index contributed by atoms with van der Waals surface area (Å²) in [6.07, 6.45) is 1.09. The van der Waals surface area contributed by atoms with Crippen LogP contribution in [0.2, 0.25) is 0 Å². The van der Waals surface area contributed by atoms with Crippen LogP contribution in [0.15, 0.2) is 24.3 Å². The molecule has 4 nitrogen and oxygen atoms in total. The number of nitrogens with zero attached hydrogens (tertiary/aromatic N) is 2. The van der Waals surface area contributed by atoms with Crippen molar-refractivity contribution in [1.29, 1.82) is 0 Å². The van der Waals surface area contributed by atoms with Gasteiger partial charge in [-0.2, -0.15) is 0 Å². The van der Waals surface area contributed by atoms with Crippen LogP contribution in [-0.2, 0) is 13.1 Å². The highest BCUT2D eigenvalue weighted by atomic mass is 16.3. The molecule has 1 aliphatic heterocycles. The van der Waals surface area contributed by atoms with Gasteiger partial charge in [-0.15, -0.1) is 0 Å². The Morgan fingerprint density at radius 3 is 1.50 bits per heavy atom. The molecule has 1 aliphatic rings. The van der Waals surface area contributed by atoms with Crippen LogP contribution in [-0.4, -0.2) is 39.8 Å². The molecular formula is C26H38N2O2. The number of hydrogen-bond donors (Lipinski definition) is 2. The molecule has 0 aromatic heterocycles. The van der Waals surface area contributed by atoms with Gasteiger partial charge in [-0.05, 0) is 43.2 Å². The van der Waals surface area contributed by atoms with Crippen molar-refractivity contribution >= 4 is 0 Å². The van der Waals surface area contributed by atoms with Gasteiger partial charge in [0.15, 0.2) is 0 Å². The van der Waals surface area contributed by atoms with E-state index < -0.39 is 0 Å². The van der Waals surface area contributed by atoms with Gasteiger partial charge in [-0.3, -0.25) is 9.80 Å². The molecule has 164 valence electrons. The number of rotatable bonds is 6. The Balaban J connectivity index is 1.75. The minimum atomic E-state index is 0.306. The third-order valence-corrected chi connectivity index (χ3v) is 6.11. The van der Waals surface area contributed by atoms with E-state index in [0.29, 0.717) is 23.3 Å². The second-order valence-electron chi connectivity index (χ2n) is 9.63. The first-order valence-corrected chi connectivity index (χ1v) is 11.2. The molecule has 2 N–H and O–H groups in total. The lowest BCUT2D eigenvalue weighted by Gasteiger charge is -2.36.